The molecule has 0 fully saturated rings. The quantitative estimate of drug-likeness (QED) is 0.820. The molecule has 96 valence electrons. The van der Waals surface area contributed by atoms with Crippen molar-refractivity contribution in [1.29, 1.82) is 0 Å². The Morgan fingerprint density at radius 3 is 2.53 bits per heavy atom. The summed E-state index contributed by atoms with van der Waals surface area (Å²) in [6, 6.07) is 5.78. The Labute approximate surface area is 103 Å². The van der Waals surface area contributed by atoms with Crippen LogP contribution in [0.3, 0.4) is 0 Å². The molecule has 0 aromatic heterocycles. The summed E-state index contributed by atoms with van der Waals surface area (Å²) in [6.07, 6.45) is 0. The van der Waals surface area contributed by atoms with E-state index in [0.29, 0.717) is 12.5 Å². The van der Waals surface area contributed by atoms with Gasteiger partial charge in [0.25, 0.3) is 0 Å². The zero-order chi connectivity index (χ0) is 12.8. The van der Waals surface area contributed by atoms with Crippen molar-refractivity contribution >= 4 is 5.69 Å². The number of rotatable bonds is 6. The zero-order valence-electron chi connectivity index (χ0n) is 11.1. The summed E-state index contributed by atoms with van der Waals surface area (Å²) in [4.78, 5) is 2.14. The predicted molar refractivity (Wildman–Crippen MR) is 71.0 cm³/mol. The van der Waals surface area contributed by atoms with Crippen molar-refractivity contribution < 1.29 is 9.47 Å². The van der Waals surface area contributed by atoms with Gasteiger partial charge >= 0.3 is 0 Å². The molecule has 17 heavy (non-hydrogen) atoms. The van der Waals surface area contributed by atoms with Crippen molar-refractivity contribution in [2.45, 2.75) is 6.92 Å². The van der Waals surface area contributed by atoms with E-state index in [9.17, 15) is 0 Å². The number of nitrogens with zero attached hydrogens (tertiary/aromatic N) is 1. The van der Waals surface area contributed by atoms with Crippen LogP contribution in [0.15, 0.2) is 18.2 Å². The third-order valence-electron chi connectivity index (χ3n) is 2.79. The van der Waals surface area contributed by atoms with Gasteiger partial charge in [-0.3, -0.25) is 0 Å². The molecule has 2 N–H and O–H groups in total. The van der Waals surface area contributed by atoms with Gasteiger partial charge in [-0.1, -0.05) is 6.92 Å². The molecule has 4 nitrogen and oxygen atoms in total. The first-order valence-corrected chi connectivity index (χ1v) is 5.75. The van der Waals surface area contributed by atoms with Crippen LogP contribution in [0, 0.1) is 5.92 Å². The molecule has 0 amide bonds. The van der Waals surface area contributed by atoms with E-state index in [1.807, 2.05) is 25.2 Å². The normalized spacial score (nSPS) is 12.1. The first kappa shape index (κ1) is 13.6. The van der Waals surface area contributed by atoms with Gasteiger partial charge in [0.15, 0.2) is 0 Å². The highest BCUT2D eigenvalue weighted by Crippen LogP contribution is 2.31. The lowest BCUT2D eigenvalue weighted by Crippen LogP contribution is -2.28. The van der Waals surface area contributed by atoms with Gasteiger partial charge in [-0.05, 0) is 24.6 Å². The lowest BCUT2D eigenvalue weighted by Gasteiger charge is -2.24. The molecule has 0 spiro atoms. The molecule has 1 aromatic rings. The number of nitrogens with two attached hydrogens (primary N) is 1. The van der Waals surface area contributed by atoms with Crippen molar-refractivity contribution in [3.05, 3.63) is 18.2 Å². The minimum absolute atomic E-state index is 0.441. The maximum absolute atomic E-state index is 5.64. The molecule has 1 atom stereocenters. The smallest absolute Gasteiger partial charge is 0.142 e. The van der Waals surface area contributed by atoms with Gasteiger partial charge in [0.1, 0.15) is 11.5 Å². The van der Waals surface area contributed by atoms with Gasteiger partial charge in [0.2, 0.25) is 0 Å². The molecule has 1 aromatic carbocycles. The topological polar surface area (TPSA) is 47.7 Å². The summed E-state index contributed by atoms with van der Waals surface area (Å²) in [5.41, 5.74) is 6.66. The monoisotopic (exact) mass is 238 g/mol. The number of hydrogen-bond donors (Lipinski definition) is 1. The van der Waals surface area contributed by atoms with E-state index in [2.05, 4.69) is 11.8 Å². The average molecular weight is 238 g/mol. The molecule has 0 saturated heterocycles. The maximum atomic E-state index is 5.64. The number of benzene rings is 1. The molecule has 0 radical (unpaired) electrons. The molecule has 0 saturated carbocycles. The average Bonchev–Trinajstić information content (AvgIpc) is 2.37. The molecule has 4 heteroatoms. The lowest BCUT2D eigenvalue weighted by atomic mass is 10.1. The van der Waals surface area contributed by atoms with Gasteiger partial charge in [-0.2, -0.15) is 0 Å². The van der Waals surface area contributed by atoms with Crippen LogP contribution in [-0.4, -0.2) is 34.4 Å². The van der Waals surface area contributed by atoms with Crippen LogP contribution in [-0.2, 0) is 0 Å². The molecule has 0 bridgehead atoms. The Hall–Kier alpha value is -1.42. The summed E-state index contributed by atoms with van der Waals surface area (Å²) >= 11 is 0. The van der Waals surface area contributed by atoms with Gasteiger partial charge in [0.05, 0.1) is 19.9 Å². The van der Waals surface area contributed by atoms with Crippen LogP contribution < -0.4 is 20.1 Å². The summed E-state index contributed by atoms with van der Waals surface area (Å²) in [7, 11) is 5.36. The molecular weight excluding hydrogens is 216 g/mol. The first-order valence-electron chi connectivity index (χ1n) is 5.75. The van der Waals surface area contributed by atoms with Crippen molar-refractivity contribution in [2.75, 3.05) is 39.3 Å². The van der Waals surface area contributed by atoms with Crippen LogP contribution in [0.1, 0.15) is 6.92 Å². The summed E-state index contributed by atoms with van der Waals surface area (Å²) in [5.74, 6) is 2.11. The third-order valence-corrected chi connectivity index (χ3v) is 2.79. The Morgan fingerprint density at radius 2 is 2.00 bits per heavy atom. The number of hydrogen-bond acceptors (Lipinski definition) is 4. The van der Waals surface area contributed by atoms with Crippen molar-refractivity contribution in [1.82, 2.24) is 0 Å². The minimum Gasteiger partial charge on any atom is -0.497 e. The molecule has 0 heterocycles. The van der Waals surface area contributed by atoms with Crippen molar-refractivity contribution in [3.63, 3.8) is 0 Å². The van der Waals surface area contributed by atoms with Crippen molar-refractivity contribution in [3.8, 4) is 11.5 Å². The first-order chi connectivity index (χ1) is 8.12. The number of ether oxygens (including phenoxy) is 2. The number of anilines is 1. The molecule has 0 aliphatic heterocycles. The summed E-state index contributed by atoms with van der Waals surface area (Å²) < 4.78 is 10.6. The fraction of sp³-hybridized carbons (Fsp3) is 0.538. The van der Waals surface area contributed by atoms with E-state index in [4.69, 9.17) is 15.2 Å². The van der Waals surface area contributed by atoms with Crippen molar-refractivity contribution in [2.24, 2.45) is 11.7 Å². The second kappa shape index (κ2) is 6.35. The van der Waals surface area contributed by atoms with E-state index < -0.39 is 0 Å². The Kier molecular flexibility index (Phi) is 5.10. The lowest BCUT2D eigenvalue weighted by molar-refractivity contribution is 0.402. The minimum atomic E-state index is 0.441. The third kappa shape index (κ3) is 3.53. The van der Waals surface area contributed by atoms with Crippen LogP contribution in [0.25, 0.3) is 0 Å². The zero-order valence-corrected chi connectivity index (χ0v) is 11.1. The Bertz CT molecular complexity index is 355. The van der Waals surface area contributed by atoms with Crippen LogP contribution in [0.2, 0.25) is 0 Å². The van der Waals surface area contributed by atoms with Crippen LogP contribution in [0.5, 0.6) is 11.5 Å². The second-order valence-corrected chi connectivity index (χ2v) is 4.26. The predicted octanol–water partition coefficient (Wildman–Crippen LogP) is 1.73. The number of methoxy groups -OCH3 is 2. The highest BCUT2D eigenvalue weighted by atomic mass is 16.5. The van der Waals surface area contributed by atoms with Gasteiger partial charge in [-0.25, -0.2) is 0 Å². The van der Waals surface area contributed by atoms with Gasteiger partial charge in [0, 0.05) is 19.7 Å². The Morgan fingerprint density at radius 1 is 1.29 bits per heavy atom. The van der Waals surface area contributed by atoms with Gasteiger partial charge in [-0.15, -0.1) is 0 Å². The molecule has 0 aliphatic rings. The fourth-order valence-corrected chi connectivity index (χ4v) is 1.74. The summed E-state index contributed by atoms with van der Waals surface area (Å²) in [5, 5.41) is 0. The largest absolute Gasteiger partial charge is 0.497 e. The molecular formula is C13H22N2O2. The maximum Gasteiger partial charge on any atom is 0.142 e. The SMILES string of the molecule is COc1ccc(OC)c(N(C)CC(C)CN)c1. The molecule has 0 aliphatic carbocycles. The van der Waals surface area contributed by atoms with Crippen LogP contribution >= 0.6 is 0 Å². The van der Waals surface area contributed by atoms with E-state index in [0.717, 1.165) is 23.7 Å². The van der Waals surface area contributed by atoms with E-state index in [1.165, 1.54) is 0 Å². The van der Waals surface area contributed by atoms with Crippen LogP contribution in [0.4, 0.5) is 5.69 Å². The fourth-order valence-electron chi connectivity index (χ4n) is 1.74. The van der Waals surface area contributed by atoms with E-state index in [-0.39, 0.29) is 0 Å². The highest BCUT2D eigenvalue weighted by molar-refractivity contribution is 5.61. The molecule has 1 unspecified atom stereocenters. The van der Waals surface area contributed by atoms with E-state index >= 15 is 0 Å². The highest BCUT2D eigenvalue weighted by Gasteiger charge is 2.11. The standard InChI is InChI=1S/C13H22N2O2/c1-10(8-14)9-15(2)12-7-11(16-3)5-6-13(12)17-4/h5-7,10H,8-9,14H2,1-4H3. The summed E-state index contributed by atoms with van der Waals surface area (Å²) in [6.45, 7) is 3.69. The Balaban J connectivity index is 2.92. The van der Waals surface area contributed by atoms with Gasteiger partial charge < -0.3 is 20.1 Å². The molecule has 1 rings (SSSR count). The second-order valence-electron chi connectivity index (χ2n) is 4.26. The van der Waals surface area contributed by atoms with E-state index in [1.54, 1.807) is 14.2 Å².